The lowest BCUT2D eigenvalue weighted by atomic mass is 9.82. The van der Waals surface area contributed by atoms with Gasteiger partial charge in [0.25, 0.3) is 0 Å². The first-order chi connectivity index (χ1) is 15.0. The van der Waals surface area contributed by atoms with Crippen molar-refractivity contribution in [1.82, 2.24) is 15.5 Å². The average molecular weight is 475 g/mol. The summed E-state index contributed by atoms with van der Waals surface area (Å²) in [6, 6.07) is 2.44. The number of benzene rings is 1. The molecule has 1 aliphatic carbocycles. The van der Waals surface area contributed by atoms with Crippen LogP contribution in [0.15, 0.2) is 18.2 Å². The number of carbonyl (C=O) groups is 2. The second-order valence-electron chi connectivity index (χ2n) is 9.00. The monoisotopic (exact) mass is 474 g/mol. The van der Waals surface area contributed by atoms with Gasteiger partial charge in [0.2, 0.25) is 11.8 Å². The minimum absolute atomic E-state index is 0.0205. The van der Waals surface area contributed by atoms with E-state index in [0.29, 0.717) is 0 Å². The van der Waals surface area contributed by atoms with Crippen molar-refractivity contribution in [2.45, 2.75) is 64.0 Å². The van der Waals surface area contributed by atoms with E-state index < -0.39 is 17.8 Å². The van der Waals surface area contributed by atoms with E-state index in [0.717, 1.165) is 37.8 Å². The summed E-state index contributed by atoms with van der Waals surface area (Å²) in [4.78, 5) is 27.1. The van der Waals surface area contributed by atoms with E-state index in [1.165, 1.54) is 11.0 Å². The molecule has 0 radical (unpaired) electrons. The van der Waals surface area contributed by atoms with Crippen molar-refractivity contribution in [3.05, 3.63) is 28.8 Å². The zero-order valence-electron chi connectivity index (χ0n) is 18.4. The number of halogens is 4. The molecule has 1 saturated carbocycles. The first kappa shape index (κ1) is 24.6. The maximum atomic E-state index is 13.2. The lowest BCUT2D eigenvalue weighted by Crippen LogP contribution is -2.65. The molecule has 0 bridgehead atoms. The number of alkyl halides is 3. The van der Waals surface area contributed by atoms with E-state index >= 15 is 0 Å². The van der Waals surface area contributed by atoms with Gasteiger partial charge in [-0.05, 0) is 37.0 Å². The SMILES string of the molecule is CC(C)[C@H](Nc1ccc(C(F)(F)F)cc1Cl)C(=O)N(C)CC1NC(=O)C2CCCCC2N1. The lowest BCUT2D eigenvalue weighted by Gasteiger charge is -2.41. The Labute approximate surface area is 191 Å². The summed E-state index contributed by atoms with van der Waals surface area (Å²) in [5.74, 6) is -0.389. The maximum Gasteiger partial charge on any atom is 0.416 e. The van der Waals surface area contributed by atoms with Gasteiger partial charge >= 0.3 is 6.18 Å². The highest BCUT2D eigenvalue weighted by Crippen LogP contribution is 2.34. The molecule has 2 aliphatic rings. The average Bonchev–Trinajstić information content (AvgIpc) is 2.71. The third kappa shape index (κ3) is 5.67. The van der Waals surface area contributed by atoms with Gasteiger partial charge in [-0.3, -0.25) is 14.9 Å². The van der Waals surface area contributed by atoms with Crippen molar-refractivity contribution >= 4 is 29.1 Å². The van der Waals surface area contributed by atoms with Crippen LogP contribution in [-0.2, 0) is 15.8 Å². The molecule has 1 saturated heterocycles. The normalized spacial score (nSPS) is 24.5. The number of anilines is 1. The van der Waals surface area contributed by atoms with Crippen LogP contribution >= 0.6 is 11.6 Å². The van der Waals surface area contributed by atoms with Crippen molar-refractivity contribution in [1.29, 1.82) is 0 Å². The summed E-state index contributed by atoms with van der Waals surface area (Å²) in [6.45, 7) is 3.96. The van der Waals surface area contributed by atoms with Crippen molar-refractivity contribution in [3.63, 3.8) is 0 Å². The Morgan fingerprint density at radius 1 is 1.28 bits per heavy atom. The van der Waals surface area contributed by atoms with Crippen LogP contribution in [0.5, 0.6) is 0 Å². The lowest BCUT2D eigenvalue weighted by molar-refractivity contribution is -0.137. The number of nitrogens with one attached hydrogen (secondary N) is 3. The summed E-state index contributed by atoms with van der Waals surface area (Å²) in [5.41, 5.74) is -0.591. The van der Waals surface area contributed by atoms with Crippen molar-refractivity contribution in [2.24, 2.45) is 11.8 Å². The van der Waals surface area contributed by atoms with Crippen LogP contribution in [0.4, 0.5) is 18.9 Å². The summed E-state index contributed by atoms with van der Waals surface area (Å²) < 4.78 is 38.7. The van der Waals surface area contributed by atoms with Crippen LogP contribution in [0.2, 0.25) is 5.02 Å². The standard InChI is InChI=1S/C22H30ClF3N4O2/c1-12(2)19(28-17-9-8-13(10-15(17)23)22(24,25)26)21(32)30(3)11-18-27-16-7-5-4-6-14(16)20(31)29-18/h8-10,12,14,16,18-19,27-28H,4-7,11H2,1-3H3,(H,29,31)/t14?,16?,18?,19-/m0/s1. The molecular formula is C22H30ClF3N4O2. The van der Waals surface area contributed by atoms with E-state index in [2.05, 4.69) is 16.0 Å². The van der Waals surface area contributed by atoms with Gasteiger partial charge < -0.3 is 15.5 Å². The van der Waals surface area contributed by atoms with Gasteiger partial charge in [-0.1, -0.05) is 38.3 Å². The molecule has 3 rings (SSSR count). The third-order valence-corrected chi connectivity index (χ3v) is 6.52. The molecule has 1 heterocycles. The highest BCUT2D eigenvalue weighted by Gasteiger charge is 2.38. The van der Waals surface area contributed by atoms with Crippen LogP contribution in [0.3, 0.4) is 0 Å². The Morgan fingerprint density at radius 2 is 1.97 bits per heavy atom. The van der Waals surface area contributed by atoms with Crippen molar-refractivity contribution in [3.8, 4) is 0 Å². The molecule has 0 spiro atoms. The van der Waals surface area contributed by atoms with Crippen LogP contribution < -0.4 is 16.0 Å². The molecule has 1 aromatic rings. The zero-order valence-corrected chi connectivity index (χ0v) is 19.2. The molecule has 32 heavy (non-hydrogen) atoms. The van der Waals surface area contributed by atoms with Crippen molar-refractivity contribution in [2.75, 3.05) is 18.9 Å². The number of fused-ring (bicyclic) bond motifs is 1. The summed E-state index contributed by atoms with van der Waals surface area (Å²) in [5, 5.41) is 9.29. The van der Waals surface area contributed by atoms with E-state index in [1.807, 2.05) is 13.8 Å². The molecule has 2 fully saturated rings. The van der Waals surface area contributed by atoms with Crippen molar-refractivity contribution < 1.29 is 22.8 Å². The molecule has 4 atom stereocenters. The number of likely N-dealkylation sites (N-methyl/N-ethyl adjacent to an activating group) is 1. The number of hydrogen-bond acceptors (Lipinski definition) is 4. The third-order valence-electron chi connectivity index (χ3n) is 6.21. The number of carbonyl (C=O) groups excluding carboxylic acids is 2. The quantitative estimate of drug-likeness (QED) is 0.585. The van der Waals surface area contributed by atoms with E-state index in [9.17, 15) is 22.8 Å². The molecule has 1 aliphatic heterocycles. The molecule has 6 nitrogen and oxygen atoms in total. The van der Waals surface area contributed by atoms with E-state index in [1.54, 1.807) is 7.05 Å². The highest BCUT2D eigenvalue weighted by atomic mass is 35.5. The Kier molecular flexibility index (Phi) is 7.60. The first-order valence-electron chi connectivity index (χ1n) is 10.9. The molecule has 3 N–H and O–H groups in total. The van der Waals surface area contributed by atoms with Gasteiger partial charge in [-0.15, -0.1) is 0 Å². The molecule has 3 unspecified atom stereocenters. The fraction of sp³-hybridized carbons (Fsp3) is 0.636. The van der Waals surface area contributed by atoms with Gasteiger partial charge in [-0.25, -0.2) is 0 Å². The zero-order chi connectivity index (χ0) is 23.6. The molecular weight excluding hydrogens is 445 g/mol. The number of nitrogens with zero attached hydrogens (tertiary/aromatic N) is 1. The minimum Gasteiger partial charge on any atom is -0.372 e. The Hall–Kier alpha value is -2.00. The second kappa shape index (κ2) is 9.87. The van der Waals surface area contributed by atoms with Gasteiger partial charge in [0, 0.05) is 13.1 Å². The van der Waals surface area contributed by atoms with Crippen LogP contribution in [0, 0.1) is 11.8 Å². The summed E-state index contributed by atoms with van der Waals surface area (Å²) in [7, 11) is 1.65. The minimum atomic E-state index is -4.50. The summed E-state index contributed by atoms with van der Waals surface area (Å²) in [6.07, 6.45) is -0.903. The molecule has 178 valence electrons. The van der Waals surface area contributed by atoms with Crippen LogP contribution in [0.1, 0.15) is 45.1 Å². The molecule has 1 aromatic carbocycles. The second-order valence-corrected chi connectivity index (χ2v) is 9.41. The number of rotatable bonds is 6. The van der Waals surface area contributed by atoms with Gasteiger partial charge in [-0.2, -0.15) is 13.2 Å². The van der Waals surface area contributed by atoms with Gasteiger partial charge in [0.05, 0.1) is 34.9 Å². The smallest absolute Gasteiger partial charge is 0.372 e. The largest absolute Gasteiger partial charge is 0.416 e. The number of hydrogen-bond donors (Lipinski definition) is 3. The predicted octanol–water partition coefficient (Wildman–Crippen LogP) is 3.86. The maximum absolute atomic E-state index is 13.2. The summed E-state index contributed by atoms with van der Waals surface area (Å²) >= 11 is 6.06. The number of amides is 2. The molecule has 2 amide bonds. The van der Waals surface area contributed by atoms with E-state index in [4.69, 9.17) is 11.6 Å². The fourth-order valence-electron chi connectivity index (χ4n) is 4.41. The van der Waals surface area contributed by atoms with Crippen LogP contribution in [-0.4, -0.2) is 48.6 Å². The molecule has 0 aromatic heterocycles. The van der Waals surface area contributed by atoms with E-state index in [-0.39, 0.29) is 53.1 Å². The highest BCUT2D eigenvalue weighted by molar-refractivity contribution is 6.33. The first-order valence-corrected chi connectivity index (χ1v) is 11.3. The van der Waals surface area contributed by atoms with Gasteiger partial charge in [0.1, 0.15) is 6.04 Å². The Balaban J connectivity index is 1.66. The predicted molar refractivity (Wildman–Crippen MR) is 117 cm³/mol. The Morgan fingerprint density at radius 3 is 2.59 bits per heavy atom. The van der Waals surface area contributed by atoms with Gasteiger partial charge in [0.15, 0.2) is 0 Å². The topological polar surface area (TPSA) is 73.5 Å². The van der Waals surface area contributed by atoms with Crippen LogP contribution in [0.25, 0.3) is 0 Å². The Bertz CT molecular complexity index is 849. The fourth-order valence-corrected chi connectivity index (χ4v) is 4.65. The molecule has 10 heteroatoms.